The Morgan fingerprint density at radius 2 is 1.63 bits per heavy atom. The summed E-state index contributed by atoms with van der Waals surface area (Å²) in [5.41, 5.74) is 4.90. The molecule has 0 spiro atoms. The topological polar surface area (TPSA) is 54.4 Å². The van der Waals surface area contributed by atoms with Crippen molar-refractivity contribution in [3.8, 4) is 5.75 Å². The van der Waals surface area contributed by atoms with Gasteiger partial charge in [0.2, 0.25) is 0 Å². The van der Waals surface area contributed by atoms with Crippen molar-refractivity contribution in [3.63, 3.8) is 0 Å². The van der Waals surface area contributed by atoms with Crippen LogP contribution >= 0.6 is 0 Å². The molecule has 4 rings (SSSR count). The van der Waals surface area contributed by atoms with E-state index in [-0.39, 0.29) is 11.3 Å². The first-order chi connectivity index (χ1) is 23.6. The summed E-state index contributed by atoms with van der Waals surface area (Å²) < 4.78 is 24.2. The fraction of sp³-hybridized carbons (Fsp3) is 0.524. The molecule has 1 fully saturated rings. The Kier molecular flexibility index (Phi) is 19.5. The SMILES string of the molecule is CC(C)=Nc1ccccc1C.CCCCN(CCC)CCC1(c2ccccc2)CCN(C(=O)c2cc(F)ccc2OC)C1.CCCOCC. The number of unbranched alkanes of at least 4 members (excludes halogenated alkanes) is 1. The maximum absolute atomic E-state index is 13.9. The van der Waals surface area contributed by atoms with Gasteiger partial charge >= 0.3 is 0 Å². The summed E-state index contributed by atoms with van der Waals surface area (Å²) >= 11 is 0. The molecule has 7 heteroatoms. The van der Waals surface area contributed by atoms with E-state index in [4.69, 9.17) is 9.47 Å². The van der Waals surface area contributed by atoms with Crippen molar-refractivity contribution in [2.75, 3.05) is 53.0 Å². The first-order valence-electron chi connectivity index (χ1n) is 18.2. The summed E-state index contributed by atoms with van der Waals surface area (Å²) in [6.07, 6.45) is 6.60. The number of rotatable bonds is 15. The lowest BCUT2D eigenvalue weighted by Gasteiger charge is -2.33. The van der Waals surface area contributed by atoms with Crippen LogP contribution in [-0.4, -0.2) is 74.5 Å². The average Bonchev–Trinajstić information content (AvgIpc) is 3.55. The van der Waals surface area contributed by atoms with E-state index in [0.717, 1.165) is 69.9 Å². The third-order valence-corrected chi connectivity index (χ3v) is 8.71. The zero-order valence-corrected chi connectivity index (χ0v) is 31.6. The molecule has 0 bridgehead atoms. The number of halogens is 1. The minimum absolute atomic E-state index is 0.0876. The second-order valence-corrected chi connectivity index (χ2v) is 13.0. The third-order valence-electron chi connectivity index (χ3n) is 8.71. The number of likely N-dealkylation sites (tertiary alicyclic amines) is 1. The highest BCUT2D eigenvalue weighted by Gasteiger charge is 2.41. The predicted octanol–water partition coefficient (Wildman–Crippen LogP) is 10.1. The summed E-state index contributed by atoms with van der Waals surface area (Å²) in [5, 5.41) is 0. The Morgan fingerprint density at radius 3 is 2.22 bits per heavy atom. The maximum atomic E-state index is 13.9. The van der Waals surface area contributed by atoms with Crippen LogP contribution in [0.3, 0.4) is 0 Å². The fourth-order valence-electron chi connectivity index (χ4n) is 6.06. The zero-order chi connectivity index (χ0) is 36.1. The largest absolute Gasteiger partial charge is 0.496 e. The molecule has 0 saturated carbocycles. The molecule has 0 N–H and O–H groups in total. The van der Waals surface area contributed by atoms with E-state index in [1.807, 2.05) is 49.9 Å². The molecular weight excluding hydrogens is 613 g/mol. The Labute approximate surface area is 296 Å². The molecule has 1 atom stereocenters. The van der Waals surface area contributed by atoms with Gasteiger partial charge in [-0.25, -0.2) is 4.39 Å². The molecule has 49 heavy (non-hydrogen) atoms. The number of benzene rings is 3. The highest BCUT2D eigenvalue weighted by atomic mass is 19.1. The lowest BCUT2D eigenvalue weighted by atomic mass is 9.76. The van der Waals surface area contributed by atoms with Crippen molar-refractivity contribution in [1.29, 1.82) is 0 Å². The quantitative estimate of drug-likeness (QED) is 0.119. The van der Waals surface area contributed by atoms with Gasteiger partial charge in [-0.15, -0.1) is 0 Å². The minimum atomic E-state index is -0.422. The first-order valence-corrected chi connectivity index (χ1v) is 18.2. The van der Waals surface area contributed by atoms with Crippen molar-refractivity contribution >= 4 is 17.3 Å². The number of amides is 1. The van der Waals surface area contributed by atoms with Gasteiger partial charge in [0, 0.05) is 37.4 Å². The van der Waals surface area contributed by atoms with Gasteiger partial charge in [-0.1, -0.05) is 75.7 Å². The van der Waals surface area contributed by atoms with Crippen molar-refractivity contribution < 1.29 is 18.7 Å². The summed E-state index contributed by atoms with van der Waals surface area (Å²) in [6.45, 7) is 21.0. The highest BCUT2D eigenvalue weighted by molar-refractivity contribution is 5.97. The minimum Gasteiger partial charge on any atom is -0.496 e. The van der Waals surface area contributed by atoms with Crippen LogP contribution in [0.1, 0.15) is 102 Å². The summed E-state index contributed by atoms with van der Waals surface area (Å²) in [4.78, 5) is 22.2. The van der Waals surface area contributed by atoms with Crippen molar-refractivity contribution in [2.45, 2.75) is 92.4 Å². The number of ether oxygens (including phenoxy) is 2. The summed E-state index contributed by atoms with van der Waals surface area (Å²) in [7, 11) is 1.51. The molecule has 1 aliphatic heterocycles. The van der Waals surface area contributed by atoms with Crippen LogP contribution in [0.4, 0.5) is 10.1 Å². The first kappa shape index (κ1) is 41.6. The van der Waals surface area contributed by atoms with Crippen molar-refractivity contribution in [2.24, 2.45) is 4.99 Å². The van der Waals surface area contributed by atoms with Crippen LogP contribution in [0, 0.1) is 12.7 Å². The molecule has 270 valence electrons. The Balaban J connectivity index is 0.000000401. The third kappa shape index (κ3) is 14.1. The van der Waals surface area contributed by atoms with Crippen molar-refractivity contribution in [1.82, 2.24) is 9.80 Å². The number of para-hydroxylation sites is 1. The highest BCUT2D eigenvalue weighted by Crippen LogP contribution is 2.39. The molecule has 3 aromatic carbocycles. The van der Waals surface area contributed by atoms with E-state index in [1.165, 1.54) is 49.3 Å². The van der Waals surface area contributed by atoms with Gasteiger partial charge in [0.05, 0.1) is 18.4 Å². The van der Waals surface area contributed by atoms with Crippen LogP contribution < -0.4 is 4.74 Å². The molecule has 1 unspecified atom stereocenters. The van der Waals surface area contributed by atoms with Gasteiger partial charge in [0.25, 0.3) is 5.91 Å². The Bertz CT molecular complexity index is 1390. The molecule has 1 saturated heterocycles. The molecule has 0 aliphatic carbocycles. The number of aryl methyl sites for hydroxylation is 1. The molecule has 0 aromatic heterocycles. The Hall–Kier alpha value is -3.55. The Morgan fingerprint density at radius 1 is 0.918 bits per heavy atom. The molecule has 1 amide bonds. The summed E-state index contributed by atoms with van der Waals surface area (Å²) in [6, 6.07) is 22.9. The monoisotopic (exact) mass is 675 g/mol. The van der Waals surface area contributed by atoms with E-state index in [1.54, 1.807) is 0 Å². The number of methoxy groups -OCH3 is 1. The van der Waals surface area contributed by atoms with Crippen LogP contribution in [0.25, 0.3) is 0 Å². The second kappa shape index (κ2) is 23.0. The van der Waals surface area contributed by atoms with Gasteiger partial charge in [-0.05, 0) is 115 Å². The lowest BCUT2D eigenvalue weighted by molar-refractivity contribution is 0.0776. The van der Waals surface area contributed by atoms with Gasteiger partial charge in [-0.2, -0.15) is 0 Å². The van der Waals surface area contributed by atoms with Crippen LogP contribution in [0.15, 0.2) is 77.8 Å². The number of hydrogen-bond donors (Lipinski definition) is 0. The van der Waals surface area contributed by atoms with E-state index in [0.29, 0.717) is 24.4 Å². The number of aliphatic imine (C=N–C) groups is 1. The van der Waals surface area contributed by atoms with E-state index in [2.05, 4.69) is 67.9 Å². The van der Waals surface area contributed by atoms with Gasteiger partial charge in [-0.3, -0.25) is 9.79 Å². The number of nitrogens with zero attached hydrogens (tertiary/aromatic N) is 3. The molecule has 6 nitrogen and oxygen atoms in total. The van der Waals surface area contributed by atoms with Crippen LogP contribution in [0.5, 0.6) is 5.75 Å². The molecule has 1 aliphatic rings. The average molecular weight is 676 g/mol. The number of carbonyl (C=O) groups is 1. The van der Waals surface area contributed by atoms with E-state index < -0.39 is 5.82 Å². The van der Waals surface area contributed by atoms with Gasteiger partial charge < -0.3 is 19.3 Å². The standard InChI is InChI=1S/C27H37FN2O2.C10H13N.C5H12O/c1-4-6-17-29(16-5-2)18-14-27(22-10-8-7-9-11-22)15-19-30(21-27)26(31)24-20-23(28)12-13-25(24)32-3;1-8(2)11-10-7-5-4-6-9(10)3;1-3-5-6-4-2/h7-13,20H,4-6,14-19,21H2,1-3H3;4-7H,1-3H3;3-5H2,1-2H3. The van der Waals surface area contributed by atoms with Gasteiger partial charge in [0.1, 0.15) is 11.6 Å². The van der Waals surface area contributed by atoms with E-state index in [9.17, 15) is 9.18 Å². The normalized spacial score (nSPS) is 15.2. The maximum Gasteiger partial charge on any atom is 0.257 e. The van der Waals surface area contributed by atoms with E-state index >= 15 is 0 Å². The smallest absolute Gasteiger partial charge is 0.257 e. The molecule has 0 radical (unpaired) electrons. The summed E-state index contributed by atoms with van der Waals surface area (Å²) in [5.74, 6) is -0.161. The second-order valence-electron chi connectivity index (χ2n) is 13.0. The lowest BCUT2D eigenvalue weighted by Crippen LogP contribution is -2.38. The van der Waals surface area contributed by atoms with Crippen molar-refractivity contribution in [3.05, 3.63) is 95.3 Å². The molecule has 1 heterocycles. The fourth-order valence-corrected chi connectivity index (χ4v) is 6.06. The van der Waals surface area contributed by atoms with Gasteiger partial charge in [0.15, 0.2) is 0 Å². The van der Waals surface area contributed by atoms with Crippen LogP contribution in [-0.2, 0) is 10.2 Å². The molecule has 3 aromatic rings. The predicted molar refractivity (Wildman–Crippen MR) is 204 cm³/mol. The van der Waals surface area contributed by atoms with Crippen LogP contribution in [0.2, 0.25) is 0 Å². The molecular formula is C42H62FN3O3. The number of carbonyl (C=O) groups excluding carboxylic acids is 1. The zero-order valence-electron chi connectivity index (χ0n) is 31.6. The number of hydrogen-bond acceptors (Lipinski definition) is 5.